The number of benzene rings is 3. The summed E-state index contributed by atoms with van der Waals surface area (Å²) in [6, 6.07) is 22.0. The number of nitrogens with zero attached hydrogens (tertiary/aromatic N) is 2. The maximum Gasteiger partial charge on any atom is 0.416 e. The predicted octanol–water partition coefficient (Wildman–Crippen LogP) is 7.08. The first-order valence-corrected chi connectivity index (χ1v) is 11.7. The molecule has 170 valence electrons. The fourth-order valence-corrected chi connectivity index (χ4v) is 4.39. The van der Waals surface area contributed by atoms with E-state index in [1.165, 1.54) is 17.1 Å². The molecule has 0 spiro atoms. The van der Waals surface area contributed by atoms with Gasteiger partial charge in [-0.3, -0.25) is 4.72 Å². The molecule has 1 heterocycles. The minimum atomic E-state index is -4.40. The summed E-state index contributed by atoms with van der Waals surface area (Å²) in [5, 5.41) is 6.03. The van der Waals surface area contributed by atoms with Gasteiger partial charge in [-0.2, -0.15) is 18.3 Å². The fraction of sp³-hybridized carbons (Fsp3) is 0.167. The van der Waals surface area contributed by atoms with Crippen LogP contribution in [0.3, 0.4) is 0 Å². The summed E-state index contributed by atoms with van der Waals surface area (Å²) >= 11 is 4.40. The van der Waals surface area contributed by atoms with Crippen LogP contribution in [0, 0.1) is 0 Å². The molecule has 1 unspecified atom stereocenters. The molecule has 0 saturated heterocycles. The van der Waals surface area contributed by atoms with E-state index in [1.54, 1.807) is 0 Å². The zero-order valence-corrected chi connectivity index (χ0v) is 19.6. The lowest BCUT2D eigenvalue weighted by molar-refractivity contribution is -0.137. The number of carbonyl (C=O) groups is 1. The number of urea groups is 1. The zero-order chi connectivity index (χ0) is 23.4. The fourth-order valence-electron chi connectivity index (χ4n) is 3.54. The van der Waals surface area contributed by atoms with Crippen LogP contribution in [-0.2, 0) is 6.18 Å². The smallest absolute Gasteiger partial charge is 0.276 e. The highest BCUT2D eigenvalue weighted by Gasteiger charge is 2.30. The van der Waals surface area contributed by atoms with E-state index in [9.17, 15) is 18.0 Å². The van der Waals surface area contributed by atoms with Crippen molar-refractivity contribution in [3.05, 3.63) is 100 Å². The van der Waals surface area contributed by atoms with Crippen LogP contribution in [0.2, 0.25) is 0 Å². The number of hydrogen-bond acceptors (Lipinski definition) is 3. The number of alkyl halides is 3. The van der Waals surface area contributed by atoms with Crippen molar-refractivity contribution < 1.29 is 18.0 Å². The molecule has 0 bridgehead atoms. The predicted molar refractivity (Wildman–Crippen MR) is 127 cm³/mol. The van der Waals surface area contributed by atoms with Crippen LogP contribution < -0.4 is 4.72 Å². The minimum absolute atomic E-state index is 0.0407. The molecule has 0 aromatic heterocycles. The average Bonchev–Trinajstić information content (AvgIpc) is 2.83. The second-order valence-electron chi connectivity index (χ2n) is 7.40. The van der Waals surface area contributed by atoms with Crippen molar-refractivity contribution in [3.63, 3.8) is 0 Å². The van der Waals surface area contributed by atoms with Gasteiger partial charge in [-0.1, -0.05) is 58.4 Å². The van der Waals surface area contributed by atoms with Crippen molar-refractivity contribution in [1.29, 1.82) is 0 Å². The maximum atomic E-state index is 12.8. The molecule has 0 saturated carbocycles. The largest absolute Gasteiger partial charge is 0.416 e. The van der Waals surface area contributed by atoms with Crippen molar-refractivity contribution in [2.45, 2.75) is 23.4 Å². The third kappa shape index (κ3) is 5.78. The summed E-state index contributed by atoms with van der Waals surface area (Å²) in [5.41, 5.74) is 2.10. The third-order valence-corrected chi connectivity index (χ3v) is 6.52. The van der Waals surface area contributed by atoms with Gasteiger partial charge in [0, 0.05) is 21.8 Å². The topological polar surface area (TPSA) is 44.7 Å². The highest BCUT2D eigenvalue weighted by Crippen LogP contribution is 2.32. The Morgan fingerprint density at radius 3 is 2.30 bits per heavy atom. The number of carbonyl (C=O) groups excluding carboxylic acids is 1. The zero-order valence-electron chi connectivity index (χ0n) is 17.2. The van der Waals surface area contributed by atoms with E-state index in [0.29, 0.717) is 17.9 Å². The Bertz CT molecular complexity index is 1140. The molecular formula is C24H19BrF3N3OS. The van der Waals surface area contributed by atoms with Gasteiger partial charge in [0.25, 0.3) is 0 Å². The Hall–Kier alpha value is -2.78. The van der Waals surface area contributed by atoms with Gasteiger partial charge in [0.2, 0.25) is 0 Å². The van der Waals surface area contributed by atoms with Gasteiger partial charge in [0.1, 0.15) is 0 Å². The number of nitrogens with one attached hydrogen (secondary N) is 1. The standard InChI is InChI=1S/C24H19BrF3N3OS/c25-19-10-6-17(7-11-19)22-21(16-4-2-1-3-5-16)14-15-31(29-22)23(32)30-33-20-12-8-18(9-13-20)24(26,27)28/h1-13,21H,14-15H2,(H,30,32). The van der Waals surface area contributed by atoms with Gasteiger partial charge in [0.05, 0.1) is 11.3 Å². The highest BCUT2D eigenvalue weighted by molar-refractivity contribution is 9.10. The van der Waals surface area contributed by atoms with Crippen LogP contribution in [0.25, 0.3) is 0 Å². The van der Waals surface area contributed by atoms with Gasteiger partial charge in [-0.05, 0) is 65.9 Å². The lowest BCUT2D eigenvalue weighted by Crippen LogP contribution is -2.39. The number of amides is 2. The summed E-state index contributed by atoms with van der Waals surface area (Å²) in [6.45, 7) is 0.416. The highest BCUT2D eigenvalue weighted by atomic mass is 79.9. The van der Waals surface area contributed by atoms with E-state index in [-0.39, 0.29) is 5.92 Å². The van der Waals surface area contributed by atoms with Gasteiger partial charge in [-0.25, -0.2) is 9.80 Å². The summed E-state index contributed by atoms with van der Waals surface area (Å²) < 4.78 is 41.8. The van der Waals surface area contributed by atoms with Crippen LogP contribution in [0.1, 0.15) is 29.0 Å². The van der Waals surface area contributed by atoms with Gasteiger partial charge >= 0.3 is 12.2 Å². The summed E-state index contributed by atoms with van der Waals surface area (Å²) in [6.07, 6.45) is -3.70. The van der Waals surface area contributed by atoms with E-state index in [4.69, 9.17) is 0 Å². The van der Waals surface area contributed by atoms with Crippen molar-refractivity contribution >= 4 is 39.6 Å². The SMILES string of the molecule is O=C(NSc1ccc(C(F)(F)F)cc1)N1CCC(c2ccccc2)C(c2ccc(Br)cc2)=N1. The van der Waals surface area contributed by atoms with Crippen LogP contribution in [-0.4, -0.2) is 23.3 Å². The molecule has 0 radical (unpaired) electrons. The van der Waals surface area contributed by atoms with E-state index >= 15 is 0 Å². The first kappa shape index (κ1) is 23.4. The Labute approximate surface area is 202 Å². The molecule has 2 amide bonds. The molecule has 3 aromatic carbocycles. The van der Waals surface area contributed by atoms with Crippen LogP contribution in [0.5, 0.6) is 0 Å². The average molecular weight is 534 g/mol. The third-order valence-electron chi connectivity index (χ3n) is 5.20. The molecule has 9 heteroatoms. The molecule has 1 aliphatic rings. The van der Waals surface area contributed by atoms with E-state index in [2.05, 4.69) is 37.9 Å². The minimum Gasteiger partial charge on any atom is -0.276 e. The van der Waals surface area contributed by atoms with Crippen molar-refractivity contribution in [2.75, 3.05) is 6.54 Å². The lowest BCUT2D eigenvalue weighted by Gasteiger charge is -2.30. The van der Waals surface area contributed by atoms with Crippen LogP contribution in [0.15, 0.2) is 93.3 Å². The van der Waals surface area contributed by atoms with Crippen molar-refractivity contribution in [1.82, 2.24) is 9.73 Å². The molecule has 0 fully saturated rings. The second-order valence-corrected chi connectivity index (χ2v) is 9.19. The van der Waals surface area contributed by atoms with Crippen molar-refractivity contribution in [3.8, 4) is 0 Å². The molecule has 1 aliphatic heterocycles. The summed E-state index contributed by atoms with van der Waals surface area (Å²) in [4.78, 5) is 13.3. The van der Waals surface area contributed by atoms with Gasteiger partial charge < -0.3 is 0 Å². The molecule has 4 rings (SSSR count). The Kier molecular flexibility index (Phi) is 7.09. The first-order valence-electron chi connectivity index (χ1n) is 10.1. The van der Waals surface area contributed by atoms with Crippen molar-refractivity contribution in [2.24, 2.45) is 5.10 Å². The normalized spacial score (nSPS) is 16.3. The Balaban J connectivity index is 1.52. The van der Waals surface area contributed by atoms with Crippen LogP contribution in [0.4, 0.5) is 18.0 Å². The molecular weight excluding hydrogens is 515 g/mol. The molecule has 0 aliphatic carbocycles. The number of hydrazone groups is 1. The van der Waals surface area contributed by atoms with E-state index in [1.807, 2.05) is 42.5 Å². The second kappa shape index (κ2) is 10.0. The molecule has 3 aromatic rings. The van der Waals surface area contributed by atoms with Gasteiger partial charge in [-0.15, -0.1) is 0 Å². The van der Waals surface area contributed by atoms with E-state index < -0.39 is 17.8 Å². The van der Waals surface area contributed by atoms with Crippen LogP contribution >= 0.6 is 27.9 Å². The maximum absolute atomic E-state index is 12.8. The summed E-state index contributed by atoms with van der Waals surface area (Å²) in [7, 11) is 0. The van der Waals surface area contributed by atoms with E-state index in [0.717, 1.165) is 45.4 Å². The lowest BCUT2D eigenvalue weighted by atomic mass is 9.86. The molecule has 1 N–H and O–H groups in total. The number of halogens is 4. The molecule has 1 atom stereocenters. The quantitative estimate of drug-likeness (QED) is 0.364. The molecule has 4 nitrogen and oxygen atoms in total. The first-order chi connectivity index (χ1) is 15.8. The monoisotopic (exact) mass is 533 g/mol. The van der Waals surface area contributed by atoms with Gasteiger partial charge in [0.15, 0.2) is 0 Å². The summed E-state index contributed by atoms with van der Waals surface area (Å²) in [5.74, 6) is 0.0407. The number of hydrogen-bond donors (Lipinski definition) is 1. The number of rotatable bonds is 4. The Morgan fingerprint density at radius 2 is 1.67 bits per heavy atom. The molecule has 33 heavy (non-hydrogen) atoms. The Morgan fingerprint density at radius 1 is 1.00 bits per heavy atom.